The second-order valence-corrected chi connectivity index (χ2v) is 5.33. The Morgan fingerprint density at radius 3 is 3.21 bits per heavy atom. The molecule has 100 valence electrons. The van der Waals surface area contributed by atoms with Gasteiger partial charge in [0.1, 0.15) is 5.82 Å². The molecule has 0 atom stereocenters. The molecule has 1 aliphatic rings. The van der Waals surface area contributed by atoms with Crippen molar-refractivity contribution in [3.63, 3.8) is 0 Å². The molecule has 3 rings (SSSR count). The maximum absolute atomic E-state index is 11.9. The molecule has 0 saturated carbocycles. The van der Waals surface area contributed by atoms with Crippen LogP contribution in [0.5, 0.6) is 0 Å². The van der Waals surface area contributed by atoms with Crippen LogP contribution in [0.3, 0.4) is 0 Å². The first-order chi connectivity index (χ1) is 9.24. The molecule has 19 heavy (non-hydrogen) atoms. The van der Waals surface area contributed by atoms with E-state index in [0.717, 1.165) is 41.6 Å². The molecule has 0 unspecified atom stereocenters. The van der Waals surface area contributed by atoms with Crippen molar-refractivity contribution in [2.75, 3.05) is 17.2 Å². The van der Waals surface area contributed by atoms with Gasteiger partial charge in [-0.1, -0.05) is 0 Å². The summed E-state index contributed by atoms with van der Waals surface area (Å²) >= 11 is 1.49. The molecule has 2 aromatic rings. The minimum Gasteiger partial charge on any atom is -0.312 e. The highest BCUT2D eigenvalue weighted by Crippen LogP contribution is 2.22. The molecule has 1 aliphatic heterocycles. The summed E-state index contributed by atoms with van der Waals surface area (Å²) in [6.45, 7) is 1.68. The number of aryl methyl sites for hydroxylation is 1. The summed E-state index contributed by atoms with van der Waals surface area (Å²) in [5.74, 6) is 0.760. The molecule has 0 saturated heterocycles. The van der Waals surface area contributed by atoms with Crippen molar-refractivity contribution in [1.29, 1.82) is 0 Å². The Kier molecular flexibility index (Phi) is 3.22. The van der Waals surface area contributed by atoms with Gasteiger partial charge in [0.05, 0.1) is 10.7 Å². The third-order valence-electron chi connectivity index (χ3n) is 3.06. The molecule has 3 N–H and O–H groups in total. The lowest BCUT2D eigenvalue weighted by Crippen LogP contribution is -2.25. The SMILES string of the molecule is Cn1nc2c(c1NC(=O)Nc1cccs1)CNCC2. The van der Waals surface area contributed by atoms with Crippen LogP contribution in [0.15, 0.2) is 17.5 Å². The van der Waals surface area contributed by atoms with Crippen LogP contribution in [0, 0.1) is 0 Å². The Morgan fingerprint density at radius 2 is 2.42 bits per heavy atom. The second kappa shape index (κ2) is 5.02. The zero-order valence-corrected chi connectivity index (χ0v) is 11.4. The number of fused-ring (bicyclic) bond motifs is 1. The first-order valence-electron chi connectivity index (χ1n) is 6.11. The number of urea groups is 1. The van der Waals surface area contributed by atoms with E-state index in [4.69, 9.17) is 0 Å². The van der Waals surface area contributed by atoms with Crippen LogP contribution in [0.4, 0.5) is 15.6 Å². The molecule has 2 amide bonds. The lowest BCUT2D eigenvalue weighted by molar-refractivity contribution is 0.262. The van der Waals surface area contributed by atoms with Gasteiger partial charge in [0.25, 0.3) is 0 Å². The Labute approximate surface area is 114 Å². The van der Waals surface area contributed by atoms with Crippen LogP contribution in [-0.4, -0.2) is 22.4 Å². The summed E-state index contributed by atoms with van der Waals surface area (Å²) < 4.78 is 1.73. The molecule has 0 radical (unpaired) electrons. The first-order valence-corrected chi connectivity index (χ1v) is 6.99. The number of nitrogens with zero attached hydrogens (tertiary/aromatic N) is 2. The smallest absolute Gasteiger partial charge is 0.312 e. The van der Waals surface area contributed by atoms with Crippen molar-refractivity contribution in [2.24, 2.45) is 7.05 Å². The summed E-state index contributed by atoms with van der Waals surface area (Å²) in [5, 5.41) is 16.2. The highest BCUT2D eigenvalue weighted by molar-refractivity contribution is 7.14. The van der Waals surface area contributed by atoms with Crippen LogP contribution in [0.2, 0.25) is 0 Å². The van der Waals surface area contributed by atoms with E-state index in [1.54, 1.807) is 4.68 Å². The fourth-order valence-electron chi connectivity index (χ4n) is 2.19. The third kappa shape index (κ3) is 2.47. The summed E-state index contributed by atoms with van der Waals surface area (Å²) in [6, 6.07) is 3.53. The van der Waals surface area contributed by atoms with E-state index in [9.17, 15) is 4.79 Å². The molecular formula is C12H15N5OS. The van der Waals surface area contributed by atoms with Gasteiger partial charge in [0, 0.05) is 32.1 Å². The summed E-state index contributed by atoms with van der Waals surface area (Å²) in [4.78, 5) is 11.9. The third-order valence-corrected chi connectivity index (χ3v) is 3.84. The number of nitrogens with one attached hydrogen (secondary N) is 3. The molecule has 3 heterocycles. The Balaban J connectivity index is 1.76. The molecular weight excluding hydrogens is 262 g/mol. The Hall–Kier alpha value is -1.86. The van der Waals surface area contributed by atoms with Gasteiger partial charge in [-0.15, -0.1) is 11.3 Å². The molecule has 0 aliphatic carbocycles. The number of hydrogen-bond acceptors (Lipinski definition) is 4. The molecule has 0 fully saturated rings. The predicted molar refractivity (Wildman–Crippen MR) is 75.6 cm³/mol. The van der Waals surface area contributed by atoms with Crippen molar-refractivity contribution < 1.29 is 4.79 Å². The van der Waals surface area contributed by atoms with Gasteiger partial charge in [-0.05, 0) is 17.5 Å². The lowest BCUT2D eigenvalue weighted by Gasteiger charge is -2.13. The average molecular weight is 277 g/mol. The number of thiophene rings is 1. The lowest BCUT2D eigenvalue weighted by atomic mass is 10.1. The van der Waals surface area contributed by atoms with Gasteiger partial charge < -0.3 is 5.32 Å². The van der Waals surface area contributed by atoms with Crippen LogP contribution in [-0.2, 0) is 20.0 Å². The summed E-state index contributed by atoms with van der Waals surface area (Å²) in [6.07, 6.45) is 0.900. The van der Waals surface area contributed by atoms with Crippen LogP contribution < -0.4 is 16.0 Å². The maximum atomic E-state index is 11.9. The number of hydrogen-bond donors (Lipinski definition) is 3. The van der Waals surface area contributed by atoms with E-state index in [1.165, 1.54) is 11.3 Å². The number of carbonyl (C=O) groups excluding carboxylic acids is 1. The molecule has 0 aromatic carbocycles. The Bertz CT molecular complexity index is 590. The van der Waals surface area contributed by atoms with Gasteiger partial charge >= 0.3 is 6.03 Å². The van der Waals surface area contributed by atoms with E-state index in [2.05, 4.69) is 21.0 Å². The Morgan fingerprint density at radius 1 is 1.53 bits per heavy atom. The van der Waals surface area contributed by atoms with Gasteiger partial charge in [0.15, 0.2) is 0 Å². The van der Waals surface area contributed by atoms with Crippen molar-refractivity contribution >= 4 is 28.2 Å². The number of amides is 2. The topological polar surface area (TPSA) is 71.0 Å². The van der Waals surface area contributed by atoms with Crippen LogP contribution in [0.1, 0.15) is 11.3 Å². The highest BCUT2D eigenvalue weighted by atomic mass is 32.1. The van der Waals surface area contributed by atoms with E-state index in [-0.39, 0.29) is 6.03 Å². The zero-order valence-electron chi connectivity index (χ0n) is 10.6. The van der Waals surface area contributed by atoms with E-state index in [1.807, 2.05) is 24.6 Å². The minimum absolute atomic E-state index is 0.237. The maximum Gasteiger partial charge on any atom is 0.325 e. The van der Waals surface area contributed by atoms with Gasteiger partial charge in [-0.3, -0.25) is 15.3 Å². The van der Waals surface area contributed by atoms with Crippen molar-refractivity contribution in [2.45, 2.75) is 13.0 Å². The quantitative estimate of drug-likeness (QED) is 0.783. The fourth-order valence-corrected chi connectivity index (χ4v) is 2.80. The predicted octanol–water partition coefficient (Wildman–Crippen LogP) is 1.77. The number of aromatic nitrogens is 2. The molecule has 0 spiro atoms. The minimum atomic E-state index is -0.237. The summed E-state index contributed by atoms with van der Waals surface area (Å²) in [7, 11) is 1.85. The second-order valence-electron chi connectivity index (χ2n) is 4.38. The van der Waals surface area contributed by atoms with Crippen molar-refractivity contribution in [1.82, 2.24) is 15.1 Å². The van der Waals surface area contributed by atoms with Gasteiger partial charge in [-0.25, -0.2) is 4.79 Å². The average Bonchev–Trinajstić information content (AvgIpc) is 2.99. The van der Waals surface area contributed by atoms with Crippen LogP contribution >= 0.6 is 11.3 Å². The zero-order chi connectivity index (χ0) is 13.2. The first kappa shape index (κ1) is 12.2. The largest absolute Gasteiger partial charge is 0.325 e. The molecule has 0 bridgehead atoms. The molecule has 6 nitrogen and oxygen atoms in total. The standard InChI is InChI=1S/C12H15N5OS/c1-17-11(8-7-13-5-4-9(8)16-17)15-12(18)14-10-3-2-6-19-10/h2-3,6,13H,4-5,7H2,1H3,(H2,14,15,18). The van der Waals surface area contributed by atoms with Crippen molar-refractivity contribution in [3.8, 4) is 0 Å². The van der Waals surface area contributed by atoms with E-state index in [0.29, 0.717) is 0 Å². The monoisotopic (exact) mass is 277 g/mol. The van der Waals surface area contributed by atoms with E-state index < -0.39 is 0 Å². The fraction of sp³-hybridized carbons (Fsp3) is 0.333. The molecule has 7 heteroatoms. The van der Waals surface area contributed by atoms with E-state index >= 15 is 0 Å². The normalized spacial score (nSPS) is 13.9. The van der Waals surface area contributed by atoms with Crippen molar-refractivity contribution in [3.05, 3.63) is 28.8 Å². The van der Waals surface area contributed by atoms with Crippen LogP contribution in [0.25, 0.3) is 0 Å². The molecule has 2 aromatic heterocycles. The van der Waals surface area contributed by atoms with Gasteiger partial charge in [0.2, 0.25) is 0 Å². The number of rotatable bonds is 2. The van der Waals surface area contributed by atoms with Gasteiger partial charge in [-0.2, -0.15) is 5.10 Å². The highest BCUT2D eigenvalue weighted by Gasteiger charge is 2.20. The number of anilines is 2. The number of carbonyl (C=O) groups is 1. The summed E-state index contributed by atoms with van der Waals surface area (Å²) in [5.41, 5.74) is 2.14.